The molecule has 0 radical (unpaired) electrons. The lowest BCUT2D eigenvalue weighted by molar-refractivity contribution is 0.676. The summed E-state index contributed by atoms with van der Waals surface area (Å²) >= 11 is 0. The van der Waals surface area contributed by atoms with E-state index in [1.54, 1.807) is 6.20 Å². The van der Waals surface area contributed by atoms with Crippen molar-refractivity contribution in [1.29, 1.82) is 0 Å². The van der Waals surface area contributed by atoms with E-state index in [0.29, 0.717) is 6.54 Å². The molecule has 0 aliphatic rings. The molecule has 0 spiro atoms. The fourth-order valence-electron chi connectivity index (χ4n) is 1.53. The second-order valence-corrected chi connectivity index (χ2v) is 3.53. The lowest BCUT2D eigenvalue weighted by Crippen LogP contribution is -2.08. The molecule has 0 aliphatic heterocycles. The predicted molar refractivity (Wildman–Crippen MR) is 58.2 cm³/mol. The third kappa shape index (κ3) is 2.22. The third-order valence-electron chi connectivity index (χ3n) is 2.27. The maximum Gasteiger partial charge on any atom is 0.0677 e. The Bertz CT molecular complexity index is 447. The Kier molecular flexibility index (Phi) is 2.78. The summed E-state index contributed by atoms with van der Waals surface area (Å²) in [5, 5.41) is 4.23. The van der Waals surface area contributed by atoms with Crippen molar-refractivity contribution in [3.05, 3.63) is 47.5 Å². The van der Waals surface area contributed by atoms with Crippen molar-refractivity contribution >= 4 is 0 Å². The lowest BCUT2D eigenvalue weighted by Gasteiger charge is -2.06. The molecule has 0 aliphatic carbocycles. The highest BCUT2D eigenvalue weighted by Crippen LogP contribution is 2.07. The molecule has 0 bridgehead atoms. The molecule has 4 nitrogen and oxygen atoms in total. The molecular formula is C11H14N4. The first-order valence-electron chi connectivity index (χ1n) is 4.91. The van der Waals surface area contributed by atoms with Crippen LogP contribution >= 0.6 is 0 Å². The van der Waals surface area contributed by atoms with E-state index in [4.69, 9.17) is 5.73 Å². The van der Waals surface area contributed by atoms with Crippen LogP contribution in [0.2, 0.25) is 0 Å². The monoisotopic (exact) mass is 202 g/mol. The largest absolute Gasteiger partial charge is 0.325 e. The fraction of sp³-hybridized carbons (Fsp3) is 0.273. The average molecular weight is 202 g/mol. The van der Waals surface area contributed by atoms with Crippen LogP contribution in [0.25, 0.3) is 0 Å². The van der Waals surface area contributed by atoms with E-state index in [2.05, 4.69) is 10.1 Å². The van der Waals surface area contributed by atoms with Gasteiger partial charge in [0, 0.05) is 18.9 Å². The maximum atomic E-state index is 5.62. The number of pyridine rings is 1. The minimum atomic E-state index is 0.469. The molecule has 2 rings (SSSR count). The molecule has 0 saturated carbocycles. The summed E-state index contributed by atoms with van der Waals surface area (Å²) in [6, 6.07) is 3.96. The maximum absolute atomic E-state index is 5.62. The van der Waals surface area contributed by atoms with Gasteiger partial charge in [-0.2, -0.15) is 5.10 Å². The van der Waals surface area contributed by atoms with Gasteiger partial charge in [-0.15, -0.1) is 0 Å². The van der Waals surface area contributed by atoms with Crippen molar-refractivity contribution in [3.8, 4) is 0 Å². The Balaban J connectivity index is 2.23. The Hall–Kier alpha value is -1.68. The van der Waals surface area contributed by atoms with Gasteiger partial charge < -0.3 is 5.73 Å². The van der Waals surface area contributed by atoms with Crippen LogP contribution in [0, 0.1) is 6.92 Å². The predicted octanol–water partition coefficient (Wildman–Crippen LogP) is 1.09. The standard InChI is InChI=1S/C11H14N4/c1-9-6-14-15(7-9)8-10-3-2-4-13-11(10)5-12/h2-4,6-7H,5,8,12H2,1H3. The van der Waals surface area contributed by atoms with Crippen molar-refractivity contribution in [2.75, 3.05) is 0 Å². The van der Waals surface area contributed by atoms with Gasteiger partial charge in [0.1, 0.15) is 0 Å². The van der Waals surface area contributed by atoms with Crippen molar-refractivity contribution < 1.29 is 0 Å². The summed E-state index contributed by atoms with van der Waals surface area (Å²) in [5.74, 6) is 0. The Labute approximate surface area is 88.8 Å². The van der Waals surface area contributed by atoms with E-state index < -0.39 is 0 Å². The second-order valence-electron chi connectivity index (χ2n) is 3.53. The second kappa shape index (κ2) is 4.23. The zero-order valence-electron chi connectivity index (χ0n) is 8.72. The molecule has 0 atom stereocenters. The zero-order chi connectivity index (χ0) is 10.7. The molecular weight excluding hydrogens is 188 g/mol. The van der Waals surface area contributed by atoms with E-state index in [-0.39, 0.29) is 0 Å². The molecule has 0 unspecified atom stereocenters. The van der Waals surface area contributed by atoms with Gasteiger partial charge in [0.05, 0.1) is 18.4 Å². The number of rotatable bonds is 3. The molecule has 0 amide bonds. The van der Waals surface area contributed by atoms with Gasteiger partial charge in [0.15, 0.2) is 0 Å². The minimum Gasteiger partial charge on any atom is -0.325 e. The van der Waals surface area contributed by atoms with E-state index in [0.717, 1.165) is 23.4 Å². The lowest BCUT2D eigenvalue weighted by atomic mass is 10.2. The van der Waals surface area contributed by atoms with E-state index in [9.17, 15) is 0 Å². The SMILES string of the molecule is Cc1cnn(Cc2cccnc2CN)c1. The summed E-state index contributed by atoms with van der Waals surface area (Å²) in [6.07, 6.45) is 5.62. The highest BCUT2D eigenvalue weighted by molar-refractivity contribution is 5.20. The molecule has 0 fully saturated rings. The Morgan fingerprint density at radius 2 is 2.33 bits per heavy atom. The first kappa shape index (κ1) is 9.86. The first-order chi connectivity index (χ1) is 7.29. The van der Waals surface area contributed by atoms with Gasteiger partial charge in [-0.3, -0.25) is 9.67 Å². The fourth-order valence-corrected chi connectivity index (χ4v) is 1.53. The van der Waals surface area contributed by atoms with Gasteiger partial charge >= 0.3 is 0 Å². The van der Waals surface area contributed by atoms with Crippen LogP contribution in [0.5, 0.6) is 0 Å². The zero-order valence-corrected chi connectivity index (χ0v) is 8.72. The Morgan fingerprint density at radius 1 is 1.47 bits per heavy atom. The van der Waals surface area contributed by atoms with Crippen LogP contribution in [-0.2, 0) is 13.1 Å². The number of nitrogens with two attached hydrogens (primary N) is 1. The number of hydrogen-bond acceptors (Lipinski definition) is 3. The van der Waals surface area contributed by atoms with Crippen LogP contribution in [0.1, 0.15) is 16.8 Å². The number of hydrogen-bond donors (Lipinski definition) is 1. The molecule has 2 N–H and O–H groups in total. The summed E-state index contributed by atoms with van der Waals surface area (Å²) in [4.78, 5) is 4.23. The molecule has 0 aromatic carbocycles. The molecule has 78 valence electrons. The number of aromatic nitrogens is 3. The Morgan fingerprint density at radius 3 is 3.00 bits per heavy atom. The summed E-state index contributed by atoms with van der Waals surface area (Å²) in [7, 11) is 0. The van der Waals surface area contributed by atoms with Crippen molar-refractivity contribution in [2.45, 2.75) is 20.0 Å². The van der Waals surface area contributed by atoms with Crippen LogP contribution in [0.3, 0.4) is 0 Å². The molecule has 2 heterocycles. The van der Waals surface area contributed by atoms with Crippen molar-refractivity contribution in [3.63, 3.8) is 0 Å². The van der Waals surface area contributed by atoms with E-state index in [1.165, 1.54) is 0 Å². The molecule has 4 heteroatoms. The van der Waals surface area contributed by atoms with Crippen LogP contribution in [0.15, 0.2) is 30.7 Å². The summed E-state index contributed by atoms with van der Waals surface area (Å²) in [5.41, 5.74) is 8.84. The third-order valence-corrected chi connectivity index (χ3v) is 2.27. The van der Waals surface area contributed by atoms with Crippen LogP contribution in [-0.4, -0.2) is 14.8 Å². The summed E-state index contributed by atoms with van der Waals surface area (Å²) < 4.78 is 1.89. The van der Waals surface area contributed by atoms with Crippen molar-refractivity contribution in [1.82, 2.24) is 14.8 Å². The highest BCUT2D eigenvalue weighted by atomic mass is 15.3. The molecule has 0 saturated heterocycles. The number of aryl methyl sites for hydroxylation is 1. The highest BCUT2D eigenvalue weighted by Gasteiger charge is 2.02. The van der Waals surface area contributed by atoms with Gasteiger partial charge in [-0.25, -0.2) is 0 Å². The minimum absolute atomic E-state index is 0.469. The first-order valence-corrected chi connectivity index (χ1v) is 4.91. The topological polar surface area (TPSA) is 56.7 Å². The van der Waals surface area contributed by atoms with E-state index >= 15 is 0 Å². The normalized spacial score (nSPS) is 10.5. The van der Waals surface area contributed by atoms with Gasteiger partial charge in [-0.1, -0.05) is 6.07 Å². The smallest absolute Gasteiger partial charge is 0.0677 e. The van der Waals surface area contributed by atoms with Crippen LogP contribution in [0.4, 0.5) is 0 Å². The van der Waals surface area contributed by atoms with Gasteiger partial charge in [0.2, 0.25) is 0 Å². The van der Waals surface area contributed by atoms with Gasteiger partial charge in [-0.05, 0) is 24.1 Å². The average Bonchev–Trinajstić information content (AvgIpc) is 2.65. The van der Waals surface area contributed by atoms with Crippen LogP contribution < -0.4 is 5.73 Å². The molecule has 2 aromatic heterocycles. The number of nitrogens with zero attached hydrogens (tertiary/aromatic N) is 3. The molecule has 15 heavy (non-hydrogen) atoms. The molecule has 2 aromatic rings. The van der Waals surface area contributed by atoms with Crippen molar-refractivity contribution in [2.24, 2.45) is 5.73 Å². The quantitative estimate of drug-likeness (QED) is 0.810. The van der Waals surface area contributed by atoms with E-state index in [1.807, 2.05) is 36.1 Å². The summed E-state index contributed by atoms with van der Waals surface area (Å²) in [6.45, 7) is 3.22. The van der Waals surface area contributed by atoms with Gasteiger partial charge in [0.25, 0.3) is 0 Å².